The number of amides is 1. The van der Waals surface area contributed by atoms with Gasteiger partial charge in [-0.1, -0.05) is 23.7 Å². The summed E-state index contributed by atoms with van der Waals surface area (Å²) in [7, 11) is -2.98. The minimum atomic E-state index is -2.98. The molecule has 0 aliphatic carbocycles. The van der Waals surface area contributed by atoms with Gasteiger partial charge in [-0.2, -0.15) is 0 Å². The van der Waals surface area contributed by atoms with E-state index in [1.807, 2.05) is 0 Å². The van der Waals surface area contributed by atoms with Gasteiger partial charge in [-0.05, 0) is 30.8 Å². The minimum Gasteiger partial charge on any atom is -0.359 e. The second-order valence-electron chi connectivity index (χ2n) is 4.51. The molecular formula is C12H13ClN2O3S2. The lowest BCUT2D eigenvalue weighted by molar-refractivity contribution is 0.0976. The van der Waals surface area contributed by atoms with Crippen molar-refractivity contribution in [2.24, 2.45) is 0 Å². The lowest BCUT2D eigenvalue weighted by Gasteiger charge is -2.14. The second-order valence-corrected chi connectivity index (χ2v) is 7.55. The zero-order chi connectivity index (χ0) is 14.8. The van der Waals surface area contributed by atoms with Gasteiger partial charge in [0.15, 0.2) is 14.9 Å². The fourth-order valence-corrected chi connectivity index (χ4v) is 4.10. The number of nitrogens with one attached hydrogen (secondary N) is 2. The molecule has 0 saturated carbocycles. The topological polar surface area (TPSA) is 75.3 Å². The summed E-state index contributed by atoms with van der Waals surface area (Å²) >= 11 is 10.9. The maximum Gasteiger partial charge on any atom is 0.258 e. The lowest BCUT2D eigenvalue weighted by atomic mass is 10.2. The van der Waals surface area contributed by atoms with E-state index in [1.165, 1.54) is 0 Å². The predicted octanol–water partition coefficient (Wildman–Crippen LogP) is 1.13. The average Bonchev–Trinajstić information content (AvgIpc) is 2.68. The van der Waals surface area contributed by atoms with E-state index in [9.17, 15) is 13.2 Å². The molecule has 2 rings (SSSR count). The van der Waals surface area contributed by atoms with Crippen LogP contribution in [0.15, 0.2) is 24.3 Å². The number of benzene rings is 1. The molecule has 2 N–H and O–H groups in total. The van der Waals surface area contributed by atoms with Gasteiger partial charge in [0, 0.05) is 6.04 Å². The highest BCUT2D eigenvalue weighted by atomic mass is 35.5. The van der Waals surface area contributed by atoms with Crippen molar-refractivity contribution in [2.45, 2.75) is 12.5 Å². The predicted molar refractivity (Wildman–Crippen MR) is 81.7 cm³/mol. The van der Waals surface area contributed by atoms with Crippen molar-refractivity contribution in [3.8, 4) is 0 Å². The number of halogens is 1. The van der Waals surface area contributed by atoms with Crippen molar-refractivity contribution in [3.05, 3.63) is 34.9 Å². The largest absolute Gasteiger partial charge is 0.359 e. The zero-order valence-corrected chi connectivity index (χ0v) is 12.8. The smallest absolute Gasteiger partial charge is 0.258 e. The Labute approximate surface area is 127 Å². The van der Waals surface area contributed by atoms with Crippen LogP contribution < -0.4 is 10.6 Å². The van der Waals surface area contributed by atoms with Crippen molar-refractivity contribution in [3.63, 3.8) is 0 Å². The van der Waals surface area contributed by atoms with Crippen LogP contribution in [0, 0.1) is 0 Å². The van der Waals surface area contributed by atoms with E-state index in [4.69, 9.17) is 23.8 Å². The zero-order valence-electron chi connectivity index (χ0n) is 10.4. The van der Waals surface area contributed by atoms with E-state index in [1.54, 1.807) is 24.3 Å². The molecule has 1 amide bonds. The Hall–Kier alpha value is -1.18. The number of thiocarbonyl (C=S) groups is 1. The maximum absolute atomic E-state index is 11.9. The third-order valence-corrected chi connectivity index (χ3v) is 5.23. The standard InChI is InChI=1S/C12H13ClN2O3S2/c13-10-4-2-1-3-9(10)11(16)15-12(19)14-8-5-6-20(17,18)7-8/h1-4,8H,5-7H2,(H2,14,15,16,19)/t8-/m0/s1. The van der Waals surface area contributed by atoms with Crippen LogP contribution in [-0.2, 0) is 9.84 Å². The van der Waals surface area contributed by atoms with Gasteiger partial charge in [-0.15, -0.1) is 0 Å². The van der Waals surface area contributed by atoms with Gasteiger partial charge in [0.1, 0.15) is 0 Å². The molecular weight excluding hydrogens is 320 g/mol. The van der Waals surface area contributed by atoms with Crippen LogP contribution >= 0.6 is 23.8 Å². The van der Waals surface area contributed by atoms with Crippen LogP contribution in [0.3, 0.4) is 0 Å². The fourth-order valence-electron chi connectivity index (χ4n) is 1.95. The molecule has 1 atom stereocenters. The summed E-state index contributed by atoms with van der Waals surface area (Å²) in [6.07, 6.45) is 0.491. The third-order valence-electron chi connectivity index (χ3n) is 2.91. The van der Waals surface area contributed by atoms with E-state index in [2.05, 4.69) is 10.6 Å². The molecule has 1 aliphatic heterocycles. The first-order valence-corrected chi connectivity index (χ1v) is 8.55. The first kappa shape index (κ1) is 15.2. The summed E-state index contributed by atoms with van der Waals surface area (Å²) in [6.45, 7) is 0. The molecule has 0 bridgehead atoms. The quantitative estimate of drug-likeness (QED) is 0.794. The van der Waals surface area contributed by atoms with Crippen LogP contribution in [0.1, 0.15) is 16.8 Å². The molecule has 0 spiro atoms. The van der Waals surface area contributed by atoms with Gasteiger partial charge in [0.25, 0.3) is 5.91 Å². The Balaban J connectivity index is 1.92. The van der Waals surface area contributed by atoms with E-state index in [0.29, 0.717) is 17.0 Å². The summed E-state index contributed by atoms with van der Waals surface area (Å²) in [4.78, 5) is 11.9. The van der Waals surface area contributed by atoms with E-state index < -0.39 is 15.7 Å². The van der Waals surface area contributed by atoms with Crippen molar-refractivity contribution < 1.29 is 13.2 Å². The Kier molecular flexibility index (Phi) is 4.62. The Morgan fingerprint density at radius 2 is 2.05 bits per heavy atom. The summed E-state index contributed by atoms with van der Waals surface area (Å²) < 4.78 is 22.6. The summed E-state index contributed by atoms with van der Waals surface area (Å²) in [5.41, 5.74) is 0.317. The number of rotatable bonds is 2. The van der Waals surface area contributed by atoms with Crippen molar-refractivity contribution in [1.82, 2.24) is 10.6 Å². The summed E-state index contributed by atoms with van der Waals surface area (Å²) in [5, 5.41) is 5.76. The SMILES string of the molecule is O=C(NC(=S)N[C@H]1CCS(=O)(=O)C1)c1ccccc1Cl. The van der Waals surface area contributed by atoms with Crippen LogP contribution in [0.4, 0.5) is 0 Å². The highest BCUT2D eigenvalue weighted by molar-refractivity contribution is 7.91. The van der Waals surface area contributed by atoms with Crippen molar-refractivity contribution >= 4 is 44.7 Å². The molecule has 5 nitrogen and oxygen atoms in total. The molecule has 1 aromatic rings. The molecule has 108 valence electrons. The Morgan fingerprint density at radius 3 is 2.65 bits per heavy atom. The van der Waals surface area contributed by atoms with Crippen LogP contribution in [0.5, 0.6) is 0 Å². The van der Waals surface area contributed by atoms with Gasteiger partial charge in [0.05, 0.1) is 22.1 Å². The Bertz CT molecular complexity index is 646. The molecule has 1 saturated heterocycles. The number of carbonyl (C=O) groups is 1. The minimum absolute atomic E-state index is 0.0368. The number of sulfone groups is 1. The lowest BCUT2D eigenvalue weighted by Crippen LogP contribution is -2.44. The van der Waals surface area contributed by atoms with Crippen LogP contribution in [0.25, 0.3) is 0 Å². The maximum atomic E-state index is 11.9. The molecule has 1 fully saturated rings. The van der Waals surface area contributed by atoms with Crippen molar-refractivity contribution in [1.29, 1.82) is 0 Å². The van der Waals surface area contributed by atoms with E-state index in [0.717, 1.165) is 0 Å². The molecule has 20 heavy (non-hydrogen) atoms. The molecule has 8 heteroatoms. The van der Waals surface area contributed by atoms with Gasteiger partial charge in [-0.3, -0.25) is 10.1 Å². The Morgan fingerprint density at radius 1 is 1.35 bits per heavy atom. The van der Waals surface area contributed by atoms with Crippen LogP contribution in [-0.4, -0.2) is 37.0 Å². The highest BCUT2D eigenvalue weighted by Crippen LogP contribution is 2.14. The fraction of sp³-hybridized carbons (Fsp3) is 0.333. The first-order chi connectivity index (χ1) is 9.37. The number of carbonyl (C=O) groups excluding carboxylic acids is 1. The monoisotopic (exact) mass is 332 g/mol. The summed E-state index contributed by atoms with van der Waals surface area (Å²) in [6, 6.07) is 6.36. The third kappa shape index (κ3) is 3.91. The molecule has 0 aromatic heterocycles. The first-order valence-electron chi connectivity index (χ1n) is 5.94. The summed E-state index contributed by atoms with van der Waals surface area (Å²) in [5.74, 6) is -0.241. The molecule has 1 aromatic carbocycles. The van der Waals surface area contributed by atoms with Gasteiger partial charge in [0.2, 0.25) is 0 Å². The second kappa shape index (κ2) is 6.07. The van der Waals surface area contributed by atoms with Gasteiger partial charge in [-0.25, -0.2) is 8.42 Å². The molecule has 1 heterocycles. The average molecular weight is 333 g/mol. The van der Waals surface area contributed by atoms with Gasteiger partial charge < -0.3 is 5.32 Å². The molecule has 0 radical (unpaired) electrons. The van der Waals surface area contributed by atoms with E-state index >= 15 is 0 Å². The molecule has 1 aliphatic rings. The molecule has 0 unspecified atom stereocenters. The van der Waals surface area contributed by atoms with Gasteiger partial charge >= 0.3 is 0 Å². The van der Waals surface area contributed by atoms with Crippen molar-refractivity contribution in [2.75, 3.05) is 11.5 Å². The number of hydrogen-bond donors (Lipinski definition) is 2. The highest BCUT2D eigenvalue weighted by Gasteiger charge is 2.28. The normalized spacial score (nSPS) is 20.4. The van der Waals surface area contributed by atoms with Crippen LogP contribution in [0.2, 0.25) is 5.02 Å². The number of hydrogen-bond acceptors (Lipinski definition) is 4. The van der Waals surface area contributed by atoms with E-state index in [-0.39, 0.29) is 22.7 Å².